The summed E-state index contributed by atoms with van der Waals surface area (Å²) in [6, 6.07) is 1.72. The molecule has 136 heavy (non-hydrogen) atoms. The van der Waals surface area contributed by atoms with Crippen molar-refractivity contribution in [2.75, 3.05) is 13.1 Å². The monoisotopic (exact) mass is 1970 g/mol. The highest BCUT2D eigenvalue weighted by Gasteiger charge is 2.45. The summed E-state index contributed by atoms with van der Waals surface area (Å²) in [5.41, 5.74) is 2.77. The van der Waals surface area contributed by atoms with Crippen molar-refractivity contribution in [3.8, 4) is 0 Å². The maximum absolute atomic E-state index is 12.9. The Morgan fingerprint density at radius 2 is 1.00 bits per heavy atom. The summed E-state index contributed by atoms with van der Waals surface area (Å²) in [6.45, 7) is 75.0. The van der Waals surface area contributed by atoms with Gasteiger partial charge in [0.05, 0.1) is 82.4 Å². The number of carbonyl (C=O) groups is 13. The quantitative estimate of drug-likeness (QED) is 0.0682. The van der Waals surface area contributed by atoms with Crippen LogP contribution in [0, 0.1) is 19.7 Å². The maximum atomic E-state index is 12.9. The van der Waals surface area contributed by atoms with E-state index in [-0.39, 0.29) is 175 Å². The van der Waals surface area contributed by atoms with Gasteiger partial charge < -0.3 is 47.0 Å². The normalized spacial score (nSPS) is 17.5. The van der Waals surface area contributed by atoms with Gasteiger partial charge in [-0.25, -0.2) is 67.0 Å². The van der Waals surface area contributed by atoms with Gasteiger partial charge in [0.15, 0.2) is 17.4 Å². The predicted molar refractivity (Wildman–Crippen MR) is 530 cm³/mol. The van der Waals surface area contributed by atoms with E-state index in [4.69, 9.17) is 0 Å². The molecule has 7 N–H and O–H groups in total. The van der Waals surface area contributed by atoms with Crippen molar-refractivity contribution in [1.82, 2.24) is 106 Å². The molecule has 0 spiro atoms. The summed E-state index contributed by atoms with van der Waals surface area (Å²) in [5.74, 6) is -0.569. The van der Waals surface area contributed by atoms with Gasteiger partial charge in [-0.05, 0) is 248 Å². The Bertz CT molecular complexity index is 4780. The third-order valence-electron chi connectivity index (χ3n) is 19.4. The molecule has 0 saturated carbocycles. The van der Waals surface area contributed by atoms with Crippen molar-refractivity contribution >= 4 is 111 Å². The lowest BCUT2D eigenvalue weighted by atomic mass is 10.1. The molecule has 0 aliphatic carbocycles. The van der Waals surface area contributed by atoms with E-state index >= 15 is 0 Å². The maximum Gasteiger partial charge on any atom is 0.348 e. The highest BCUT2D eigenvalue weighted by Crippen LogP contribution is 2.23. The number of hydrazone groups is 3. The minimum Gasteiger partial charge on any atom is -0.340 e. The second-order valence-corrected chi connectivity index (χ2v) is 36.5. The van der Waals surface area contributed by atoms with E-state index in [1.54, 1.807) is 103 Å². The number of ketones is 2. The van der Waals surface area contributed by atoms with Gasteiger partial charge in [0.25, 0.3) is 5.91 Å². The summed E-state index contributed by atoms with van der Waals surface area (Å²) < 4.78 is 29.4. The number of nitrogens with zero attached hydrogens (tertiary/aromatic N) is 17. The number of Topliss-reactive ketones (excluding diaryl/α,β-unsaturated/α-hetero) is 2. The molecule has 3 fully saturated rings. The van der Waals surface area contributed by atoms with Gasteiger partial charge in [-0.2, -0.15) is 25.3 Å². The molecule has 2 aromatic heterocycles. The SMILES string of the molecule is C.C=C1C=CN(C(C)C)C(=O)N1.C=C1C=NN(C(C)C)C(=O)N1.C=C1NC(=O)N(C(C)C)C=C1Br.C=C1NC(=O)N(C(C)C)C=C1F.C=C1NC(=O)N(C(C)C)N=C1C.CC(=O)CC1C=CN(C(C)C)C(=O)N1.CC(C)N1C(=O)NC(C)(C)C1=O.CC(C)N1CC(=O)CC1=O.CC(C)N1CCCC1=O.CC(C)N1N=CCC1=O.Cc1ccn(C(C)C)c(=O)n1.Cc1nc(=O)n(C(C)C)cc1F. The van der Waals surface area contributed by atoms with E-state index < -0.39 is 22.9 Å². The molecular formula is C94H149BrF2N24O15. The second kappa shape index (κ2) is 57.7. The Hall–Kier alpha value is -12.9. The largest absolute Gasteiger partial charge is 0.348 e. The number of imide groups is 1. The number of urea groups is 7. The number of nitrogens with one attached hydrogen (secondary N) is 7. The van der Waals surface area contributed by atoms with E-state index in [1.165, 1.54) is 55.7 Å². The number of halogens is 3. The zero-order valence-corrected chi connectivity index (χ0v) is 85.8. The van der Waals surface area contributed by atoms with E-state index in [0.29, 0.717) is 54.1 Å². The number of likely N-dealkylation sites (tertiary alicyclic amines) is 2. The summed E-state index contributed by atoms with van der Waals surface area (Å²) in [7, 11) is 0. The summed E-state index contributed by atoms with van der Waals surface area (Å²) in [6.07, 6.45) is 18.9. The van der Waals surface area contributed by atoms with Crippen LogP contribution in [0.5, 0.6) is 0 Å². The highest BCUT2D eigenvalue weighted by molar-refractivity contribution is 9.12. The average molecular weight is 1970 g/mol. The Morgan fingerprint density at radius 1 is 0.515 bits per heavy atom. The van der Waals surface area contributed by atoms with Crippen molar-refractivity contribution in [2.45, 2.75) is 331 Å². The van der Waals surface area contributed by atoms with E-state index in [9.17, 15) is 80.7 Å². The minimum absolute atomic E-state index is 0. The molecule has 0 aromatic carbocycles. The average Bonchev–Trinajstić information content (AvgIpc) is 1.64. The molecule has 0 bridgehead atoms. The Balaban J connectivity index is 0.00000146. The summed E-state index contributed by atoms with van der Waals surface area (Å²) >= 11 is 3.30. The van der Waals surface area contributed by atoms with Crippen LogP contribution >= 0.6 is 15.9 Å². The van der Waals surface area contributed by atoms with Gasteiger partial charge in [0, 0.05) is 135 Å². The van der Waals surface area contributed by atoms with Gasteiger partial charge >= 0.3 is 53.6 Å². The molecule has 12 heterocycles. The standard InChI is InChI=1S/C10H16N2O2.C8H11BrN2O.2C8H11FN2O.C8H13N3O.C8H14N2O2.2C8H12N2O.C7H11N3O.C7H11NO2.C7H13NO.C6H10N2O.CH4/c1-7(2)12-5-4-9(6-8(3)13)11-10(12)14;3*1-5(2)11-4-7(9)6(3)10-8(11)12;1-5(2)11-8(12)9-6(3)7(4)10-11;1-5(2)10-6(11)8(3,4)9-7(10)12;2*1-6(2)10-5-4-7(3)9-8(10)11;1-5(2)10-7(11)9-6(3)4-8-10;1-5(2)8-4-6(9)3-7(8)10;1-6(2)8-5-3-4-7(8)9;1-5(2)8-6(9)3-4-7-8;/h4-5,7,9H,6H2,1-3H3,(H,11,14);4-5H,3H2,1-2H3,(H,10,12);4-5H,1-3H3;4-5H,3H2,1-2H3,(H,10,12);5H,3H2,1-2,4H3,(H,9,12);5H,1-4H3,(H,9,12);4-6H,1-3H3;4-6H,3H2,1-2H3,(H,9,11);4-5H,3H2,1-2H3,(H,9,11);5H,3-4H2,1-2H3;6H,3-5H2,1-2H3;4-5H,3H2,1-2H3;1H4. The number of allylic oxidation sites excluding steroid dienone is 5. The molecule has 42 heteroatoms. The van der Waals surface area contributed by atoms with Crippen LogP contribution in [0.4, 0.5) is 42.3 Å². The van der Waals surface area contributed by atoms with Crippen LogP contribution in [-0.2, 0) is 28.8 Å². The lowest BCUT2D eigenvalue weighted by Crippen LogP contribution is -2.48. The number of aromatic nitrogens is 4. The van der Waals surface area contributed by atoms with Gasteiger partial charge in [-0.3, -0.25) is 62.4 Å². The molecule has 10 aliphatic heterocycles. The number of rotatable bonds is 14. The van der Waals surface area contributed by atoms with Gasteiger partial charge in [-0.1, -0.05) is 40.3 Å². The molecule has 39 nitrogen and oxygen atoms in total. The van der Waals surface area contributed by atoms with E-state index in [0.717, 1.165) is 41.5 Å². The van der Waals surface area contributed by atoms with Crippen molar-refractivity contribution < 1.29 is 71.1 Å². The van der Waals surface area contributed by atoms with Gasteiger partial charge in [0.2, 0.25) is 17.7 Å². The first kappa shape index (κ1) is 123. The third-order valence-corrected chi connectivity index (χ3v) is 20.1. The minimum atomic E-state index is -0.735. The van der Waals surface area contributed by atoms with Crippen LogP contribution < -0.4 is 48.6 Å². The first-order valence-electron chi connectivity index (χ1n) is 44.5. The summed E-state index contributed by atoms with van der Waals surface area (Å²) in [4.78, 5) is 185. The van der Waals surface area contributed by atoms with Crippen LogP contribution in [0.15, 0.2) is 152 Å². The molecule has 1 unspecified atom stereocenters. The fraction of sp³-hybridized carbons (Fsp3) is 0.553. The van der Waals surface area contributed by atoms with Crippen LogP contribution in [0.2, 0.25) is 0 Å². The zero-order valence-electron chi connectivity index (χ0n) is 84.2. The first-order valence-corrected chi connectivity index (χ1v) is 45.3. The third kappa shape index (κ3) is 41.1. The van der Waals surface area contributed by atoms with Crippen LogP contribution in [0.1, 0.15) is 257 Å². The van der Waals surface area contributed by atoms with Crippen molar-refractivity contribution in [2.24, 2.45) is 15.3 Å². The molecule has 1 atom stereocenters. The Kier molecular flexibility index (Phi) is 52.2. The predicted octanol–water partition coefficient (Wildman–Crippen LogP) is 14.5. The second-order valence-electron chi connectivity index (χ2n) is 35.6. The van der Waals surface area contributed by atoms with Crippen molar-refractivity contribution in [1.29, 1.82) is 0 Å². The lowest BCUT2D eigenvalue weighted by molar-refractivity contribution is -0.131. The molecular weight excluding hydrogens is 1820 g/mol. The van der Waals surface area contributed by atoms with Crippen LogP contribution in [-0.4, -0.2) is 249 Å². The molecule has 10 aliphatic rings. The molecule has 0 radical (unpaired) electrons. The molecule has 756 valence electrons. The smallest absolute Gasteiger partial charge is 0.340 e. The Morgan fingerprint density at radius 3 is 1.38 bits per heavy atom. The van der Waals surface area contributed by atoms with Gasteiger partial charge in [-0.15, -0.1) is 0 Å². The molecule has 12 rings (SSSR count). The highest BCUT2D eigenvalue weighted by atomic mass is 79.9. The number of hydrogen-bond donors (Lipinski definition) is 7. The summed E-state index contributed by atoms with van der Waals surface area (Å²) in [5, 5.41) is 34.2. The topological polar surface area (TPSA) is 445 Å². The molecule has 2 aromatic rings. The van der Waals surface area contributed by atoms with Crippen LogP contribution in [0.3, 0.4) is 0 Å². The lowest BCUT2D eigenvalue weighted by Gasteiger charge is -2.29. The zero-order chi connectivity index (χ0) is 104. The molecule has 18 amide bonds. The van der Waals surface area contributed by atoms with E-state index in [1.807, 2.05) is 156 Å². The van der Waals surface area contributed by atoms with Gasteiger partial charge in [0.1, 0.15) is 11.3 Å². The van der Waals surface area contributed by atoms with E-state index in [2.05, 4.69) is 125 Å². The Labute approximate surface area is 809 Å². The number of carbonyl (C=O) groups excluding carboxylic acids is 13. The van der Waals surface area contributed by atoms with Crippen LogP contribution in [0.25, 0.3) is 0 Å². The van der Waals surface area contributed by atoms with Crippen molar-refractivity contribution in [3.05, 3.63) is 165 Å². The number of hydrogen-bond acceptors (Lipinski definition) is 20. The number of amides is 18. The number of aryl methyl sites for hydroxylation is 2. The fourth-order valence-electron chi connectivity index (χ4n) is 11.8. The molecule has 3 saturated heterocycles. The van der Waals surface area contributed by atoms with Crippen molar-refractivity contribution in [3.63, 3.8) is 0 Å². The fourth-order valence-corrected chi connectivity index (χ4v) is 12.2. The first-order chi connectivity index (χ1) is 62.3.